The molecule has 3 nitrogen and oxygen atoms in total. The van der Waals surface area contributed by atoms with Crippen LogP contribution < -0.4 is 4.74 Å². The van der Waals surface area contributed by atoms with E-state index in [1.165, 1.54) is 13.2 Å². The molecule has 1 aromatic rings. The topological polar surface area (TPSA) is 32.7 Å². The Labute approximate surface area is 121 Å². The van der Waals surface area contributed by atoms with E-state index in [9.17, 15) is 9.50 Å². The van der Waals surface area contributed by atoms with Crippen LogP contribution in [0.4, 0.5) is 4.39 Å². The highest BCUT2D eigenvalue weighted by molar-refractivity contribution is 5.36. The van der Waals surface area contributed by atoms with Crippen LogP contribution in [0.5, 0.6) is 5.75 Å². The van der Waals surface area contributed by atoms with Crippen molar-refractivity contribution in [2.24, 2.45) is 5.92 Å². The number of methoxy groups -OCH3 is 1. The van der Waals surface area contributed by atoms with Gasteiger partial charge in [0.15, 0.2) is 0 Å². The van der Waals surface area contributed by atoms with Gasteiger partial charge in [-0.25, -0.2) is 4.39 Å². The molecule has 0 spiro atoms. The Morgan fingerprint density at radius 1 is 1.30 bits per heavy atom. The smallest absolute Gasteiger partial charge is 0.132 e. The van der Waals surface area contributed by atoms with Crippen molar-refractivity contribution in [2.45, 2.75) is 39.3 Å². The molecule has 0 saturated carbocycles. The monoisotopic (exact) mass is 283 g/mol. The summed E-state index contributed by atoms with van der Waals surface area (Å²) in [7, 11) is 3.51. The van der Waals surface area contributed by atoms with Gasteiger partial charge in [0.05, 0.1) is 18.8 Å². The SMILES string of the molecule is COc1cccc(F)c1C(O)CCN(C)C(C)C(C)C. The lowest BCUT2D eigenvalue weighted by Crippen LogP contribution is -2.34. The maximum Gasteiger partial charge on any atom is 0.132 e. The molecule has 0 radical (unpaired) electrons. The summed E-state index contributed by atoms with van der Waals surface area (Å²) in [6.07, 6.45) is -0.377. The summed E-state index contributed by atoms with van der Waals surface area (Å²) in [6.45, 7) is 7.19. The molecular weight excluding hydrogens is 257 g/mol. The Balaban J connectivity index is 2.70. The second kappa shape index (κ2) is 7.60. The van der Waals surface area contributed by atoms with E-state index in [2.05, 4.69) is 25.7 Å². The number of aliphatic hydroxyl groups excluding tert-OH is 1. The van der Waals surface area contributed by atoms with Crippen molar-refractivity contribution in [1.29, 1.82) is 0 Å². The minimum Gasteiger partial charge on any atom is -0.496 e. The summed E-state index contributed by atoms with van der Waals surface area (Å²) >= 11 is 0. The molecule has 0 aliphatic rings. The van der Waals surface area contributed by atoms with Gasteiger partial charge < -0.3 is 14.7 Å². The Morgan fingerprint density at radius 2 is 1.95 bits per heavy atom. The Bertz CT molecular complexity index is 423. The van der Waals surface area contributed by atoms with Crippen LogP contribution in [-0.2, 0) is 0 Å². The Kier molecular flexibility index (Phi) is 6.43. The molecule has 1 N–H and O–H groups in total. The fourth-order valence-electron chi connectivity index (χ4n) is 2.20. The summed E-state index contributed by atoms with van der Waals surface area (Å²) in [5.74, 6) is 0.522. The third kappa shape index (κ3) is 4.18. The van der Waals surface area contributed by atoms with E-state index in [-0.39, 0.29) is 5.56 Å². The van der Waals surface area contributed by atoms with Gasteiger partial charge in [-0.05, 0) is 38.4 Å². The van der Waals surface area contributed by atoms with Crippen molar-refractivity contribution in [2.75, 3.05) is 20.7 Å². The van der Waals surface area contributed by atoms with Crippen LogP contribution in [-0.4, -0.2) is 36.8 Å². The first-order chi connectivity index (χ1) is 9.38. The molecule has 0 saturated heterocycles. The van der Waals surface area contributed by atoms with Crippen LogP contribution >= 0.6 is 0 Å². The van der Waals surface area contributed by atoms with Crippen molar-refractivity contribution < 1.29 is 14.2 Å². The number of halogens is 1. The number of hydrogen-bond donors (Lipinski definition) is 1. The highest BCUT2D eigenvalue weighted by Crippen LogP contribution is 2.30. The van der Waals surface area contributed by atoms with Gasteiger partial charge in [-0.3, -0.25) is 0 Å². The van der Waals surface area contributed by atoms with Crippen molar-refractivity contribution in [3.63, 3.8) is 0 Å². The van der Waals surface area contributed by atoms with Crippen molar-refractivity contribution in [3.8, 4) is 5.75 Å². The minimum absolute atomic E-state index is 0.251. The number of hydrogen-bond acceptors (Lipinski definition) is 3. The lowest BCUT2D eigenvalue weighted by atomic mass is 10.0. The summed E-state index contributed by atoms with van der Waals surface area (Å²) in [5, 5.41) is 10.2. The van der Waals surface area contributed by atoms with Gasteiger partial charge in [0.2, 0.25) is 0 Å². The predicted molar refractivity (Wildman–Crippen MR) is 79.5 cm³/mol. The number of benzene rings is 1. The van der Waals surface area contributed by atoms with Crippen molar-refractivity contribution in [3.05, 3.63) is 29.6 Å². The molecule has 20 heavy (non-hydrogen) atoms. The van der Waals surface area contributed by atoms with E-state index in [1.807, 2.05) is 7.05 Å². The third-order valence-corrected chi connectivity index (χ3v) is 3.98. The fourth-order valence-corrected chi connectivity index (χ4v) is 2.20. The van der Waals surface area contributed by atoms with Gasteiger partial charge in [0.1, 0.15) is 11.6 Å². The van der Waals surface area contributed by atoms with E-state index in [0.717, 1.165) is 0 Å². The lowest BCUT2D eigenvalue weighted by molar-refractivity contribution is 0.124. The fraction of sp³-hybridized carbons (Fsp3) is 0.625. The average molecular weight is 283 g/mol. The van der Waals surface area contributed by atoms with E-state index < -0.39 is 11.9 Å². The first-order valence-corrected chi connectivity index (χ1v) is 7.09. The van der Waals surface area contributed by atoms with Crippen LogP contribution in [0.25, 0.3) is 0 Å². The zero-order valence-electron chi connectivity index (χ0n) is 13.1. The maximum atomic E-state index is 13.8. The number of nitrogens with zero attached hydrogens (tertiary/aromatic N) is 1. The van der Waals surface area contributed by atoms with Crippen LogP contribution in [0, 0.1) is 11.7 Å². The summed E-state index contributed by atoms with van der Waals surface area (Å²) < 4.78 is 19.0. The summed E-state index contributed by atoms with van der Waals surface area (Å²) in [5.41, 5.74) is 0.251. The second-order valence-corrected chi connectivity index (χ2v) is 5.63. The molecule has 1 rings (SSSR count). The Morgan fingerprint density at radius 3 is 2.50 bits per heavy atom. The second-order valence-electron chi connectivity index (χ2n) is 5.63. The zero-order chi connectivity index (χ0) is 15.3. The summed E-state index contributed by atoms with van der Waals surface area (Å²) in [6, 6.07) is 5.02. The van der Waals surface area contributed by atoms with Gasteiger partial charge in [-0.15, -0.1) is 0 Å². The molecule has 0 amide bonds. The first kappa shape index (κ1) is 16.9. The number of rotatable bonds is 7. The van der Waals surface area contributed by atoms with Gasteiger partial charge >= 0.3 is 0 Å². The highest BCUT2D eigenvalue weighted by atomic mass is 19.1. The molecule has 114 valence electrons. The van der Waals surface area contributed by atoms with Crippen LogP contribution in [0.3, 0.4) is 0 Å². The Hall–Kier alpha value is -1.13. The third-order valence-electron chi connectivity index (χ3n) is 3.98. The van der Waals surface area contributed by atoms with Gasteiger partial charge in [0, 0.05) is 12.6 Å². The van der Waals surface area contributed by atoms with Gasteiger partial charge in [-0.2, -0.15) is 0 Å². The van der Waals surface area contributed by atoms with Crippen molar-refractivity contribution >= 4 is 0 Å². The minimum atomic E-state index is -0.854. The zero-order valence-corrected chi connectivity index (χ0v) is 13.1. The van der Waals surface area contributed by atoms with Gasteiger partial charge in [-0.1, -0.05) is 19.9 Å². The molecule has 0 aliphatic carbocycles. The van der Waals surface area contributed by atoms with Crippen LogP contribution in [0.15, 0.2) is 18.2 Å². The van der Waals surface area contributed by atoms with Gasteiger partial charge in [0.25, 0.3) is 0 Å². The predicted octanol–water partition coefficient (Wildman–Crippen LogP) is 3.23. The quantitative estimate of drug-likeness (QED) is 0.834. The molecular formula is C16H26FNO2. The number of ether oxygens (including phenoxy) is 1. The van der Waals surface area contributed by atoms with Crippen LogP contribution in [0.1, 0.15) is 38.9 Å². The highest BCUT2D eigenvalue weighted by Gasteiger charge is 2.20. The molecule has 4 heteroatoms. The van der Waals surface area contributed by atoms with E-state index in [4.69, 9.17) is 4.74 Å². The molecule has 1 aromatic carbocycles. The van der Waals surface area contributed by atoms with Crippen molar-refractivity contribution in [1.82, 2.24) is 4.90 Å². The molecule has 0 heterocycles. The van der Waals surface area contributed by atoms with Crippen LogP contribution in [0.2, 0.25) is 0 Å². The standard InChI is InChI=1S/C16H26FNO2/c1-11(2)12(3)18(4)10-9-14(19)16-13(17)7-6-8-15(16)20-5/h6-8,11-12,14,19H,9-10H2,1-5H3. The molecule has 2 atom stereocenters. The van der Waals surface area contributed by atoms with E-state index in [1.54, 1.807) is 12.1 Å². The normalized spacial score (nSPS) is 14.7. The maximum absolute atomic E-state index is 13.8. The number of aliphatic hydroxyl groups is 1. The van der Waals surface area contributed by atoms with E-state index >= 15 is 0 Å². The molecule has 0 bridgehead atoms. The molecule has 0 aromatic heterocycles. The molecule has 2 unspecified atom stereocenters. The first-order valence-electron chi connectivity index (χ1n) is 7.09. The molecule has 0 aliphatic heterocycles. The van der Waals surface area contributed by atoms with E-state index in [0.29, 0.717) is 30.7 Å². The average Bonchev–Trinajstić information content (AvgIpc) is 2.42. The summed E-state index contributed by atoms with van der Waals surface area (Å²) in [4.78, 5) is 2.18. The molecule has 0 fully saturated rings. The largest absolute Gasteiger partial charge is 0.496 e. The lowest BCUT2D eigenvalue weighted by Gasteiger charge is -2.28.